The summed E-state index contributed by atoms with van der Waals surface area (Å²) in [6, 6.07) is 2.22. The van der Waals surface area contributed by atoms with Crippen LogP contribution in [-0.4, -0.2) is 51.7 Å². The summed E-state index contributed by atoms with van der Waals surface area (Å²) < 4.78 is 53.6. The molecule has 0 aliphatic rings. The Morgan fingerprint density at radius 1 is 1.15 bits per heavy atom. The number of esters is 1. The molecule has 1 rings (SSSR count). The molecule has 0 aliphatic heterocycles. The third-order valence-electron chi connectivity index (χ3n) is 3.27. The minimum atomic E-state index is -5.20. The van der Waals surface area contributed by atoms with Crippen molar-refractivity contribution in [3.05, 3.63) is 29.8 Å². The number of methoxy groups -OCH3 is 2. The Kier molecular flexibility index (Phi) is 7.82. The zero-order valence-electron chi connectivity index (χ0n) is 14.8. The number of hydrogen-bond acceptors (Lipinski definition) is 6. The van der Waals surface area contributed by atoms with E-state index in [0.29, 0.717) is 4.90 Å². The van der Waals surface area contributed by atoms with Gasteiger partial charge in [-0.3, -0.25) is 14.5 Å². The molecule has 0 heterocycles. The molecule has 148 valence electrons. The molecule has 1 aromatic carbocycles. The van der Waals surface area contributed by atoms with Crippen LogP contribution in [0.2, 0.25) is 0 Å². The molecule has 0 radical (unpaired) electrons. The lowest BCUT2D eigenvalue weighted by atomic mass is 10.1. The molecule has 0 atom stereocenters. The maximum Gasteiger partial charge on any atom is 0.471 e. The average molecular weight is 389 g/mol. The van der Waals surface area contributed by atoms with E-state index in [1.165, 1.54) is 14.2 Å². The van der Waals surface area contributed by atoms with Crippen molar-refractivity contribution in [1.82, 2.24) is 0 Å². The van der Waals surface area contributed by atoms with Gasteiger partial charge in [0.1, 0.15) is 0 Å². The second-order valence-corrected chi connectivity index (χ2v) is 4.95. The summed E-state index contributed by atoms with van der Waals surface area (Å²) in [4.78, 5) is 34.8. The molecule has 0 bridgehead atoms. The van der Waals surface area contributed by atoms with Gasteiger partial charge in [-0.05, 0) is 13.0 Å². The Hall–Kier alpha value is -3.04. The van der Waals surface area contributed by atoms with E-state index >= 15 is 0 Å². The summed E-state index contributed by atoms with van der Waals surface area (Å²) in [6.45, 7) is 1.01. The van der Waals surface area contributed by atoms with Crippen LogP contribution in [0.1, 0.15) is 17.3 Å². The van der Waals surface area contributed by atoms with Crippen LogP contribution in [-0.2, 0) is 14.3 Å². The summed E-state index contributed by atoms with van der Waals surface area (Å²) in [5, 5.41) is 0. The Morgan fingerprint density at radius 3 is 2.22 bits per heavy atom. The third kappa shape index (κ3) is 5.73. The number of halogens is 3. The molecule has 27 heavy (non-hydrogen) atoms. The number of anilines is 1. The number of aldehydes is 1. The number of alkyl halides is 3. The van der Waals surface area contributed by atoms with Crippen LogP contribution < -0.4 is 14.4 Å². The minimum absolute atomic E-state index is 0.0208. The van der Waals surface area contributed by atoms with E-state index < -0.39 is 24.6 Å². The summed E-state index contributed by atoms with van der Waals surface area (Å²) in [6.07, 6.45) is -3.01. The Balaban J connectivity index is 3.40. The van der Waals surface area contributed by atoms with Gasteiger partial charge < -0.3 is 14.2 Å². The standard InChI is InChI=1S/C17H18F3NO6/c1-4-27-15(23)6-5-7-21(16(24)17(18,19)20)12-9-14(26-3)13(25-2)8-11(12)10-22/h5-6,8-10H,4,7H2,1-3H3/b6-5+. The highest BCUT2D eigenvalue weighted by atomic mass is 19.4. The highest BCUT2D eigenvalue weighted by molar-refractivity contribution is 6.02. The van der Waals surface area contributed by atoms with Crippen LogP contribution in [0.25, 0.3) is 0 Å². The number of carbonyl (C=O) groups excluding carboxylic acids is 3. The van der Waals surface area contributed by atoms with Crippen molar-refractivity contribution in [2.45, 2.75) is 13.1 Å². The number of carbonyl (C=O) groups is 3. The first kappa shape index (κ1) is 22.0. The van der Waals surface area contributed by atoms with Gasteiger partial charge in [-0.1, -0.05) is 6.08 Å². The van der Waals surface area contributed by atoms with E-state index in [0.717, 1.165) is 24.3 Å². The van der Waals surface area contributed by atoms with Crippen molar-refractivity contribution in [1.29, 1.82) is 0 Å². The summed E-state index contributed by atoms with van der Waals surface area (Å²) >= 11 is 0. The topological polar surface area (TPSA) is 82.1 Å². The van der Waals surface area contributed by atoms with Gasteiger partial charge in [0.2, 0.25) is 0 Å². The largest absolute Gasteiger partial charge is 0.493 e. The Bertz CT molecular complexity index is 730. The van der Waals surface area contributed by atoms with Gasteiger partial charge >= 0.3 is 18.1 Å². The first-order valence-corrected chi connectivity index (χ1v) is 7.62. The van der Waals surface area contributed by atoms with Crippen molar-refractivity contribution in [2.24, 2.45) is 0 Å². The molecular formula is C17H18F3NO6. The molecular weight excluding hydrogens is 371 g/mol. The maximum absolute atomic E-state index is 13.0. The maximum atomic E-state index is 13.0. The van der Waals surface area contributed by atoms with Gasteiger partial charge in [0.05, 0.1) is 26.5 Å². The van der Waals surface area contributed by atoms with Gasteiger partial charge in [0.15, 0.2) is 17.8 Å². The lowest BCUT2D eigenvalue weighted by molar-refractivity contribution is -0.170. The molecule has 0 spiro atoms. The monoisotopic (exact) mass is 389 g/mol. The molecule has 0 saturated carbocycles. The number of benzene rings is 1. The second kappa shape index (κ2) is 9.60. The predicted molar refractivity (Wildman–Crippen MR) is 89.1 cm³/mol. The Morgan fingerprint density at radius 2 is 1.74 bits per heavy atom. The van der Waals surface area contributed by atoms with Gasteiger partial charge in [0.25, 0.3) is 0 Å². The number of hydrogen-bond donors (Lipinski definition) is 0. The Labute approximate surface area is 153 Å². The molecule has 0 saturated heterocycles. The smallest absolute Gasteiger partial charge is 0.471 e. The minimum Gasteiger partial charge on any atom is -0.493 e. The van der Waals surface area contributed by atoms with Crippen molar-refractivity contribution < 1.29 is 41.8 Å². The van der Waals surface area contributed by atoms with E-state index in [4.69, 9.17) is 9.47 Å². The van der Waals surface area contributed by atoms with Crippen LogP contribution in [0, 0.1) is 0 Å². The van der Waals surface area contributed by atoms with E-state index in [-0.39, 0.29) is 35.6 Å². The fourth-order valence-electron chi connectivity index (χ4n) is 2.10. The van der Waals surface area contributed by atoms with Gasteiger partial charge in [0, 0.05) is 24.3 Å². The molecule has 0 aromatic heterocycles. The number of ether oxygens (including phenoxy) is 3. The van der Waals surface area contributed by atoms with E-state index in [2.05, 4.69) is 4.74 Å². The van der Waals surface area contributed by atoms with Crippen molar-refractivity contribution >= 4 is 23.9 Å². The molecule has 0 unspecified atom stereocenters. The number of amides is 1. The molecule has 1 aromatic rings. The van der Waals surface area contributed by atoms with E-state index in [1.54, 1.807) is 6.92 Å². The zero-order valence-corrected chi connectivity index (χ0v) is 14.8. The van der Waals surface area contributed by atoms with Gasteiger partial charge in [-0.15, -0.1) is 0 Å². The summed E-state index contributed by atoms with van der Waals surface area (Å²) in [5.41, 5.74) is -0.576. The summed E-state index contributed by atoms with van der Waals surface area (Å²) in [7, 11) is 2.53. The van der Waals surface area contributed by atoms with Crippen LogP contribution in [0.15, 0.2) is 24.3 Å². The van der Waals surface area contributed by atoms with Crippen LogP contribution in [0.3, 0.4) is 0 Å². The van der Waals surface area contributed by atoms with Crippen LogP contribution >= 0.6 is 0 Å². The highest BCUT2D eigenvalue weighted by Gasteiger charge is 2.43. The molecule has 1 amide bonds. The van der Waals surface area contributed by atoms with Crippen molar-refractivity contribution in [2.75, 3.05) is 32.3 Å². The lowest BCUT2D eigenvalue weighted by Gasteiger charge is -2.25. The fourth-order valence-corrected chi connectivity index (χ4v) is 2.10. The third-order valence-corrected chi connectivity index (χ3v) is 3.27. The lowest BCUT2D eigenvalue weighted by Crippen LogP contribution is -2.42. The van der Waals surface area contributed by atoms with E-state index in [1.807, 2.05) is 0 Å². The first-order chi connectivity index (χ1) is 12.7. The molecule has 0 aliphatic carbocycles. The average Bonchev–Trinajstić information content (AvgIpc) is 2.63. The van der Waals surface area contributed by atoms with Crippen LogP contribution in [0.4, 0.5) is 18.9 Å². The molecule has 7 nitrogen and oxygen atoms in total. The van der Waals surface area contributed by atoms with E-state index in [9.17, 15) is 27.6 Å². The molecule has 10 heteroatoms. The van der Waals surface area contributed by atoms with Crippen molar-refractivity contribution in [3.63, 3.8) is 0 Å². The van der Waals surface area contributed by atoms with Crippen molar-refractivity contribution in [3.8, 4) is 11.5 Å². The highest BCUT2D eigenvalue weighted by Crippen LogP contribution is 2.36. The zero-order chi connectivity index (χ0) is 20.6. The quantitative estimate of drug-likeness (QED) is 0.386. The number of nitrogens with zero attached hydrogens (tertiary/aromatic N) is 1. The fraction of sp³-hybridized carbons (Fsp3) is 0.353. The number of rotatable bonds is 8. The predicted octanol–water partition coefficient (Wildman–Crippen LogP) is 2.53. The molecule has 0 N–H and O–H groups in total. The molecule has 0 fully saturated rings. The normalized spacial score (nSPS) is 11.2. The summed E-state index contributed by atoms with van der Waals surface area (Å²) in [5.74, 6) is -2.87. The van der Waals surface area contributed by atoms with Crippen LogP contribution in [0.5, 0.6) is 11.5 Å². The first-order valence-electron chi connectivity index (χ1n) is 7.62. The van der Waals surface area contributed by atoms with Gasteiger partial charge in [-0.25, -0.2) is 4.79 Å². The second-order valence-electron chi connectivity index (χ2n) is 4.95. The van der Waals surface area contributed by atoms with Gasteiger partial charge in [-0.2, -0.15) is 13.2 Å². The SMILES string of the molecule is CCOC(=O)/C=C/CN(C(=O)C(F)(F)F)c1cc(OC)c(OC)cc1C=O.